The van der Waals surface area contributed by atoms with Crippen molar-refractivity contribution in [2.24, 2.45) is 0 Å². The number of nitrogens with one attached hydrogen (secondary N) is 1. The number of nitrogens with zero attached hydrogens (tertiary/aromatic N) is 7. The fourth-order valence-corrected chi connectivity index (χ4v) is 3.21. The number of nitriles is 1. The molecule has 0 aliphatic rings. The van der Waals surface area contributed by atoms with Crippen LogP contribution in [0.1, 0.15) is 0 Å². The van der Waals surface area contributed by atoms with E-state index in [1.54, 1.807) is 44.1 Å². The highest BCUT2D eigenvalue weighted by Crippen LogP contribution is 2.34. The van der Waals surface area contributed by atoms with Gasteiger partial charge in [-0.05, 0) is 18.2 Å². The van der Waals surface area contributed by atoms with Crippen LogP contribution in [0.2, 0.25) is 10.0 Å². The van der Waals surface area contributed by atoms with E-state index in [0.717, 1.165) is 4.90 Å². The first-order valence-electron chi connectivity index (χ1n) is 9.07. The Labute approximate surface area is 215 Å². The van der Waals surface area contributed by atoms with E-state index in [1.807, 2.05) is 6.19 Å². The van der Waals surface area contributed by atoms with E-state index in [1.165, 1.54) is 12.1 Å². The smallest absolute Gasteiger partial charge is 0.259 e. The third kappa shape index (κ3) is 7.42. The Kier molecular flexibility index (Phi) is 9.29. The number of ether oxygens (including phenoxy) is 1. The lowest BCUT2D eigenvalue weighted by Gasteiger charge is -2.31. The molecular weight excluding hydrogens is 538 g/mol. The van der Waals surface area contributed by atoms with Crippen molar-refractivity contribution in [3.63, 3.8) is 0 Å². The summed E-state index contributed by atoms with van der Waals surface area (Å²) >= 11 is 30.1. The van der Waals surface area contributed by atoms with Gasteiger partial charge in [-0.25, -0.2) is 4.90 Å². The number of carbonyl (C=O) groups is 1. The highest BCUT2D eigenvalue weighted by molar-refractivity contribution is 6.68. The van der Waals surface area contributed by atoms with Gasteiger partial charge < -0.3 is 19.9 Å². The number of benzene rings is 1. The Morgan fingerprint density at radius 2 is 1.64 bits per heavy atom. The minimum absolute atomic E-state index is 0.141. The molecule has 0 unspecified atom stereocenters. The maximum absolute atomic E-state index is 12.6. The third-order valence-corrected chi connectivity index (χ3v) is 4.99. The maximum Gasteiger partial charge on any atom is 0.259 e. The van der Waals surface area contributed by atoms with Crippen LogP contribution in [0.3, 0.4) is 0 Å². The summed E-state index contributed by atoms with van der Waals surface area (Å²) in [5.41, 5.74) is 0. The van der Waals surface area contributed by atoms with Crippen LogP contribution in [0.4, 0.5) is 17.8 Å². The standard InChI is InChI=1S/C18H19Cl5N8O2/c1-29(2)15-26-16(30(3)4)28-17(27-15)31(9-24)14(18(21,22)23)25-13(32)8-33-12-6-5-10(19)7-11(12)20/h5-7,14H,8H2,1-4H3,(H,25,32)/t14-/m1/s1. The summed E-state index contributed by atoms with van der Waals surface area (Å²) in [6.45, 7) is -0.485. The summed E-state index contributed by atoms with van der Waals surface area (Å²) in [6.07, 6.45) is 0.375. The Bertz CT molecular complexity index is 1020. The molecule has 10 nitrogen and oxygen atoms in total. The number of carbonyl (C=O) groups excluding carboxylic acids is 1. The second-order valence-corrected chi connectivity index (χ2v) is 10.1. The Hall–Kier alpha value is -2.16. The van der Waals surface area contributed by atoms with Crippen molar-refractivity contribution in [3.05, 3.63) is 28.2 Å². The summed E-state index contributed by atoms with van der Waals surface area (Å²) in [4.78, 5) is 29.4. The van der Waals surface area contributed by atoms with Crippen molar-refractivity contribution in [1.82, 2.24) is 20.3 Å². The molecule has 0 fully saturated rings. The molecule has 0 radical (unpaired) electrons. The minimum Gasteiger partial charge on any atom is -0.482 e. The van der Waals surface area contributed by atoms with Crippen LogP contribution in [0.15, 0.2) is 18.2 Å². The van der Waals surface area contributed by atoms with E-state index < -0.39 is 22.5 Å². The summed E-state index contributed by atoms with van der Waals surface area (Å²) in [6, 6.07) is 4.51. The van der Waals surface area contributed by atoms with E-state index in [0.29, 0.717) is 5.02 Å². The van der Waals surface area contributed by atoms with E-state index in [-0.39, 0.29) is 28.6 Å². The fraction of sp³-hybridized carbons (Fsp3) is 0.389. The molecule has 0 bridgehead atoms. The van der Waals surface area contributed by atoms with Crippen LogP contribution >= 0.6 is 58.0 Å². The number of anilines is 3. The zero-order chi connectivity index (χ0) is 24.9. The number of halogens is 5. The van der Waals surface area contributed by atoms with Crippen LogP contribution in [-0.2, 0) is 4.79 Å². The van der Waals surface area contributed by atoms with Crippen LogP contribution in [0.25, 0.3) is 0 Å². The number of alkyl halides is 3. The Morgan fingerprint density at radius 3 is 2.09 bits per heavy atom. The quantitative estimate of drug-likeness (QED) is 0.226. The van der Waals surface area contributed by atoms with Gasteiger partial charge in [0.05, 0.1) is 5.02 Å². The topological polar surface area (TPSA) is 111 Å². The zero-order valence-corrected chi connectivity index (χ0v) is 21.6. The van der Waals surface area contributed by atoms with E-state index in [4.69, 9.17) is 62.7 Å². The molecule has 1 atom stereocenters. The largest absolute Gasteiger partial charge is 0.482 e. The minimum atomic E-state index is -2.15. The molecule has 0 saturated heterocycles. The Balaban J connectivity index is 2.31. The van der Waals surface area contributed by atoms with Crippen molar-refractivity contribution in [2.75, 3.05) is 49.5 Å². The zero-order valence-electron chi connectivity index (χ0n) is 17.9. The number of hydrogen-bond donors (Lipinski definition) is 1. The average molecular weight is 557 g/mol. The molecule has 15 heteroatoms. The van der Waals surface area contributed by atoms with Gasteiger partial charge in [-0.1, -0.05) is 58.0 Å². The van der Waals surface area contributed by atoms with E-state index >= 15 is 0 Å². The number of amides is 1. The maximum atomic E-state index is 12.6. The van der Waals surface area contributed by atoms with Crippen LogP contribution in [-0.4, -0.2) is 65.6 Å². The van der Waals surface area contributed by atoms with Crippen molar-refractivity contribution < 1.29 is 9.53 Å². The monoisotopic (exact) mass is 554 g/mol. The predicted octanol–water partition coefficient (Wildman–Crippen LogP) is 3.49. The van der Waals surface area contributed by atoms with Gasteiger partial charge in [0.2, 0.25) is 21.6 Å². The van der Waals surface area contributed by atoms with Gasteiger partial charge in [0.15, 0.2) is 19.0 Å². The number of aromatic nitrogens is 3. The predicted molar refractivity (Wildman–Crippen MR) is 131 cm³/mol. The van der Waals surface area contributed by atoms with Gasteiger partial charge >= 0.3 is 0 Å². The SMILES string of the molecule is CN(C)c1nc(N(C)C)nc(N(C#N)[C@@H](NC(=O)COc2ccc(Cl)cc2Cl)C(Cl)(Cl)Cl)n1. The lowest BCUT2D eigenvalue weighted by atomic mass is 10.3. The van der Waals surface area contributed by atoms with Gasteiger partial charge in [0, 0.05) is 33.2 Å². The summed E-state index contributed by atoms with van der Waals surface area (Å²) < 4.78 is 3.25. The highest BCUT2D eigenvalue weighted by atomic mass is 35.6. The lowest BCUT2D eigenvalue weighted by Crippen LogP contribution is -2.55. The molecule has 0 saturated carbocycles. The molecule has 1 heterocycles. The van der Waals surface area contributed by atoms with Gasteiger partial charge in [-0.3, -0.25) is 4.79 Å². The third-order valence-electron chi connectivity index (χ3n) is 3.84. The van der Waals surface area contributed by atoms with Crippen LogP contribution < -0.4 is 24.8 Å². The van der Waals surface area contributed by atoms with Crippen molar-refractivity contribution in [2.45, 2.75) is 9.96 Å². The van der Waals surface area contributed by atoms with Gasteiger partial charge in [0.1, 0.15) is 5.75 Å². The molecule has 1 aromatic carbocycles. The first-order valence-corrected chi connectivity index (χ1v) is 11.0. The molecule has 2 aromatic rings. The first-order chi connectivity index (χ1) is 15.3. The molecule has 1 aromatic heterocycles. The van der Waals surface area contributed by atoms with Crippen molar-refractivity contribution in [3.8, 4) is 11.9 Å². The fourth-order valence-electron chi connectivity index (χ4n) is 2.29. The van der Waals surface area contributed by atoms with Crippen LogP contribution in [0.5, 0.6) is 5.75 Å². The van der Waals surface area contributed by atoms with Gasteiger partial charge in [0.25, 0.3) is 5.91 Å². The van der Waals surface area contributed by atoms with Gasteiger partial charge in [-0.15, -0.1) is 0 Å². The number of hydrogen-bond acceptors (Lipinski definition) is 9. The molecule has 1 amide bonds. The molecule has 178 valence electrons. The number of rotatable bonds is 8. The molecule has 0 spiro atoms. The molecular formula is C18H19Cl5N8O2. The highest BCUT2D eigenvalue weighted by Gasteiger charge is 2.41. The first kappa shape index (κ1) is 27.1. The molecule has 33 heavy (non-hydrogen) atoms. The summed E-state index contributed by atoms with van der Waals surface area (Å²) in [5, 5.41) is 12.9. The summed E-state index contributed by atoms with van der Waals surface area (Å²) in [7, 11) is 6.84. The Morgan fingerprint density at radius 1 is 1.09 bits per heavy atom. The second kappa shape index (κ2) is 11.3. The molecule has 2 rings (SSSR count). The molecule has 0 aliphatic carbocycles. The van der Waals surface area contributed by atoms with Gasteiger partial charge in [-0.2, -0.15) is 20.2 Å². The van der Waals surface area contributed by atoms with Crippen molar-refractivity contribution in [1.29, 1.82) is 5.26 Å². The lowest BCUT2D eigenvalue weighted by molar-refractivity contribution is -0.123. The second-order valence-electron chi connectivity index (χ2n) is 6.87. The van der Waals surface area contributed by atoms with E-state index in [2.05, 4.69) is 20.3 Å². The molecule has 1 N–H and O–H groups in total. The normalized spacial score (nSPS) is 11.9. The van der Waals surface area contributed by atoms with Crippen molar-refractivity contribution >= 4 is 81.8 Å². The molecule has 0 aliphatic heterocycles. The van der Waals surface area contributed by atoms with Crippen LogP contribution in [0, 0.1) is 11.5 Å². The van der Waals surface area contributed by atoms with E-state index in [9.17, 15) is 10.1 Å². The average Bonchev–Trinajstić information content (AvgIpc) is 2.72. The summed E-state index contributed by atoms with van der Waals surface area (Å²) in [5.74, 6) is -0.119.